The molecule has 0 aliphatic rings. The Morgan fingerprint density at radius 2 is 1.85 bits per heavy atom. The number of nitrogens with zero attached hydrogens (tertiary/aromatic N) is 1. The Morgan fingerprint density at radius 1 is 1.19 bits per heavy atom. The van der Waals surface area contributed by atoms with Crippen LogP contribution in [0.3, 0.4) is 0 Å². The summed E-state index contributed by atoms with van der Waals surface area (Å²) in [7, 11) is -3.97. The van der Waals surface area contributed by atoms with Gasteiger partial charge in [0.15, 0.2) is 0 Å². The first-order chi connectivity index (χ1) is 12.3. The molecule has 0 aliphatic carbocycles. The van der Waals surface area contributed by atoms with Crippen molar-refractivity contribution < 1.29 is 17.6 Å². The fraction of sp³-hybridized carbons (Fsp3) is 0.211. The molecule has 1 N–H and O–H groups in total. The molecule has 0 atom stereocenters. The Bertz CT molecular complexity index is 880. The number of amides is 1. The van der Waals surface area contributed by atoms with Gasteiger partial charge in [0.25, 0.3) is 0 Å². The second-order valence-electron chi connectivity index (χ2n) is 5.77. The van der Waals surface area contributed by atoms with Crippen LogP contribution in [0.15, 0.2) is 66.1 Å². The summed E-state index contributed by atoms with van der Waals surface area (Å²) in [5, 5.41) is 2.54. The van der Waals surface area contributed by atoms with Crippen molar-refractivity contribution in [3.63, 3.8) is 0 Å². The van der Waals surface area contributed by atoms with E-state index in [0.717, 1.165) is 9.87 Å². The van der Waals surface area contributed by atoms with E-state index >= 15 is 0 Å². The molecule has 2 rings (SSSR count). The van der Waals surface area contributed by atoms with E-state index in [0.29, 0.717) is 0 Å². The van der Waals surface area contributed by atoms with Crippen LogP contribution in [-0.4, -0.2) is 31.7 Å². The molecule has 0 fully saturated rings. The third kappa shape index (κ3) is 5.00. The number of sulfonamides is 1. The summed E-state index contributed by atoms with van der Waals surface area (Å²) >= 11 is 0. The van der Waals surface area contributed by atoms with Gasteiger partial charge in [-0.05, 0) is 25.1 Å². The van der Waals surface area contributed by atoms with E-state index in [4.69, 9.17) is 0 Å². The van der Waals surface area contributed by atoms with Crippen molar-refractivity contribution in [2.75, 3.05) is 13.1 Å². The minimum absolute atomic E-state index is 0.0518. The Labute approximate surface area is 153 Å². The van der Waals surface area contributed by atoms with Crippen LogP contribution in [0.4, 0.5) is 4.39 Å². The van der Waals surface area contributed by atoms with Crippen LogP contribution in [0.5, 0.6) is 0 Å². The largest absolute Gasteiger partial charge is 0.351 e. The smallest absolute Gasteiger partial charge is 0.243 e. The standard InChI is InChI=1S/C19H21FN2O3S/c1-3-12-21-19(23)14-22(13-16-6-4-5-7-18(16)20)26(24,25)17-10-8-15(2)9-11-17/h3-11H,1,12-14H2,2H3,(H,21,23). The van der Waals surface area contributed by atoms with Gasteiger partial charge in [0.1, 0.15) is 5.82 Å². The van der Waals surface area contributed by atoms with E-state index in [1.165, 1.54) is 36.4 Å². The van der Waals surface area contributed by atoms with Crippen molar-refractivity contribution in [1.29, 1.82) is 0 Å². The lowest BCUT2D eigenvalue weighted by atomic mass is 10.2. The summed E-state index contributed by atoms with van der Waals surface area (Å²) in [6.45, 7) is 4.90. The highest BCUT2D eigenvalue weighted by molar-refractivity contribution is 7.89. The van der Waals surface area contributed by atoms with Gasteiger partial charge in [0, 0.05) is 18.7 Å². The summed E-state index contributed by atoms with van der Waals surface area (Å²) in [4.78, 5) is 12.1. The molecule has 0 bridgehead atoms. The molecular weight excluding hydrogens is 355 g/mol. The Kier molecular flexibility index (Phi) is 6.65. The Morgan fingerprint density at radius 3 is 2.46 bits per heavy atom. The molecule has 2 aromatic rings. The predicted octanol–water partition coefficient (Wildman–Crippen LogP) is 2.63. The first-order valence-corrected chi connectivity index (χ1v) is 9.46. The topological polar surface area (TPSA) is 66.5 Å². The highest BCUT2D eigenvalue weighted by atomic mass is 32.2. The van der Waals surface area contributed by atoms with Crippen molar-refractivity contribution in [1.82, 2.24) is 9.62 Å². The second-order valence-corrected chi connectivity index (χ2v) is 7.71. The summed E-state index contributed by atoms with van der Waals surface area (Å²) in [5.74, 6) is -1.01. The van der Waals surface area contributed by atoms with Gasteiger partial charge in [0.2, 0.25) is 15.9 Å². The summed E-state index contributed by atoms with van der Waals surface area (Å²) < 4.78 is 40.9. The van der Waals surface area contributed by atoms with Gasteiger partial charge >= 0.3 is 0 Å². The van der Waals surface area contributed by atoms with Gasteiger partial charge < -0.3 is 5.32 Å². The Balaban J connectivity index is 2.35. The number of carbonyl (C=O) groups is 1. The number of hydrogen-bond acceptors (Lipinski definition) is 3. The summed E-state index contributed by atoms with van der Waals surface area (Å²) in [5.41, 5.74) is 1.10. The number of rotatable bonds is 8. The molecule has 2 aromatic carbocycles. The molecule has 1 amide bonds. The number of hydrogen-bond donors (Lipinski definition) is 1. The van der Waals surface area contributed by atoms with E-state index in [1.54, 1.807) is 18.2 Å². The maximum Gasteiger partial charge on any atom is 0.243 e. The number of carbonyl (C=O) groups excluding carboxylic acids is 1. The lowest BCUT2D eigenvalue weighted by Gasteiger charge is -2.22. The number of benzene rings is 2. The van der Waals surface area contributed by atoms with Crippen molar-refractivity contribution in [2.24, 2.45) is 0 Å². The average molecular weight is 376 g/mol. The highest BCUT2D eigenvalue weighted by Gasteiger charge is 2.27. The molecule has 0 aromatic heterocycles. The van der Waals surface area contributed by atoms with Gasteiger partial charge in [-0.1, -0.05) is 42.0 Å². The lowest BCUT2D eigenvalue weighted by Crippen LogP contribution is -2.40. The zero-order chi connectivity index (χ0) is 19.2. The van der Waals surface area contributed by atoms with E-state index in [2.05, 4.69) is 11.9 Å². The van der Waals surface area contributed by atoms with Crippen molar-refractivity contribution in [2.45, 2.75) is 18.4 Å². The van der Waals surface area contributed by atoms with Gasteiger partial charge in [-0.2, -0.15) is 4.31 Å². The molecule has 0 aliphatic heterocycles. The van der Waals surface area contributed by atoms with Crippen LogP contribution in [0.1, 0.15) is 11.1 Å². The van der Waals surface area contributed by atoms with Crippen LogP contribution in [-0.2, 0) is 21.4 Å². The van der Waals surface area contributed by atoms with Gasteiger partial charge in [-0.15, -0.1) is 6.58 Å². The van der Waals surface area contributed by atoms with Gasteiger partial charge in [-0.25, -0.2) is 12.8 Å². The normalized spacial score (nSPS) is 11.3. The van der Waals surface area contributed by atoms with Crippen LogP contribution in [0.25, 0.3) is 0 Å². The van der Waals surface area contributed by atoms with E-state index < -0.39 is 28.3 Å². The molecule has 5 nitrogen and oxygen atoms in total. The molecule has 138 valence electrons. The SMILES string of the molecule is C=CCNC(=O)CN(Cc1ccccc1F)S(=O)(=O)c1ccc(C)cc1. The first-order valence-electron chi connectivity index (χ1n) is 8.02. The Hall–Kier alpha value is -2.51. The monoisotopic (exact) mass is 376 g/mol. The number of nitrogens with one attached hydrogen (secondary N) is 1. The zero-order valence-corrected chi connectivity index (χ0v) is 15.3. The quantitative estimate of drug-likeness (QED) is 0.720. The molecule has 7 heteroatoms. The summed E-state index contributed by atoms with van der Waals surface area (Å²) in [6, 6.07) is 12.2. The van der Waals surface area contributed by atoms with Crippen molar-refractivity contribution in [3.8, 4) is 0 Å². The fourth-order valence-corrected chi connectivity index (χ4v) is 3.68. The number of aryl methyl sites for hydroxylation is 1. The molecule has 0 unspecified atom stereocenters. The predicted molar refractivity (Wildman–Crippen MR) is 98.4 cm³/mol. The van der Waals surface area contributed by atoms with E-state index in [9.17, 15) is 17.6 Å². The molecule has 26 heavy (non-hydrogen) atoms. The fourth-order valence-electron chi connectivity index (χ4n) is 2.30. The zero-order valence-electron chi connectivity index (χ0n) is 14.5. The highest BCUT2D eigenvalue weighted by Crippen LogP contribution is 2.20. The minimum Gasteiger partial charge on any atom is -0.351 e. The van der Waals surface area contributed by atoms with Gasteiger partial charge in [0.05, 0.1) is 11.4 Å². The van der Waals surface area contributed by atoms with Crippen LogP contribution >= 0.6 is 0 Å². The minimum atomic E-state index is -3.97. The van der Waals surface area contributed by atoms with E-state index in [-0.39, 0.29) is 23.5 Å². The average Bonchev–Trinajstić information content (AvgIpc) is 2.61. The van der Waals surface area contributed by atoms with Crippen LogP contribution in [0.2, 0.25) is 0 Å². The van der Waals surface area contributed by atoms with Crippen LogP contribution < -0.4 is 5.32 Å². The number of halogens is 1. The van der Waals surface area contributed by atoms with Crippen molar-refractivity contribution >= 4 is 15.9 Å². The second kappa shape index (κ2) is 8.73. The van der Waals surface area contributed by atoms with Crippen molar-refractivity contribution in [3.05, 3.63) is 78.1 Å². The molecular formula is C19H21FN2O3S. The van der Waals surface area contributed by atoms with Crippen LogP contribution in [0, 0.1) is 12.7 Å². The van der Waals surface area contributed by atoms with E-state index in [1.807, 2.05) is 6.92 Å². The molecule has 0 saturated carbocycles. The third-order valence-electron chi connectivity index (χ3n) is 3.73. The molecule has 0 saturated heterocycles. The van der Waals surface area contributed by atoms with Gasteiger partial charge in [-0.3, -0.25) is 4.79 Å². The maximum absolute atomic E-state index is 14.0. The maximum atomic E-state index is 14.0. The molecule has 0 spiro atoms. The molecule has 0 heterocycles. The third-order valence-corrected chi connectivity index (χ3v) is 5.53. The molecule has 0 radical (unpaired) electrons. The summed E-state index contributed by atoms with van der Waals surface area (Å²) in [6.07, 6.45) is 1.49. The first kappa shape index (κ1) is 19.8. The lowest BCUT2D eigenvalue weighted by molar-refractivity contribution is -0.121.